The van der Waals surface area contributed by atoms with Gasteiger partial charge in [-0.2, -0.15) is 0 Å². The number of ether oxygens (including phenoxy) is 1. The second-order valence-corrected chi connectivity index (χ2v) is 8.18. The fourth-order valence-electron chi connectivity index (χ4n) is 2.94. The van der Waals surface area contributed by atoms with E-state index in [9.17, 15) is 8.42 Å². The van der Waals surface area contributed by atoms with Gasteiger partial charge in [0.05, 0.1) is 24.7 Å². The highest BCUT2D eigenvalue weighted by molar-refractivity contribution is 7.91. The summed E-state index contributed by atoms with van der Waals surface area (Å²) in [7, 11) is -1.41. The molecule has 0 bridgehead atoms. The maximum Gasteiger partial charge on any atom is 0.153 e. The smallest absolute Gasteiger partial charge is 0.153 e. The van der Waals surface area contributed by atoms with Gasteiger partial charge in [-0.15, -0.1) is 0 Å². The van der Waals surface area contributed by atoms with E-state index >= 15 is 0 Å². The SMILES string of the molecule is COc1ccc(N[C@H]2CS(=O)(=O)C[C@H]2NCc2ccccc2)cc1. The largest absolute Gasteiger partial charge is 0.497 e. The van der Waals surface area contributed by atoms with Gasteiger partial charge < -0.3 is 15.4 Å². The third kappa shape index (κ3) is 4.27. The Balaban J connectivity index is 1.66. The zero-order chi connectivity index (χ0) is 17.0. The van der Waals surface area contributed by atoms with Gasteiger partial charge in [-0.05, 0) is 29.8 Å². The number of rotatable bonds is 6. The quantitative estimate of drug-likeness (QED) is 0.838. The van der Waals surface area contributed by atoms with E-state index in [1.54, 1.807) is 7.11 Å². The lowest BCUT2D eigenvalue weighted by molar-refractivity contribution is 0.415. The van der Waals surface area contributed by atoms with Gasteiger partial charge in [0.2, 0.25) is 0 Å². The first-order valence-corrected chi connectivity index (χ1v) is 9.76. The Morgan fingerprint density at radius 1 is 1.00 bits per heavy atom. The summed E-state index contributed by atoms with van der Waals surface area (Å²) in [4.78, 5) is 0. The molecule has 1 heterocycles. The van der Waals surface area contributed by atoms with Crippen LogP contribution in [0.15, 0.2) is 54.6 Å². The van der Waals surface area contributed by atoms with Crippen molar-refractivity contribution in [2.45, 2.75) is 18.6 Å². The predicted octanol–water partition coefficient (Wildman–Crippen LogP) is 2.06. The van der Waals surface area contributed by atoms with Gasteiger partial charge in [-0.1, -0.05) is 30.3 Å². The summed E-state index contributed by atoms with van der Waals surface area (Å²) in [6.45, 7) is 0.655. The van der Waals surface area contributed by atoms with Crippen molar-refractivity contribution in [3.8, 4) is 5.75 Å². The number of sulfone groups is 1. The number of hydrogen-bond acceptors (Lipinski definition) is 5. The monoisotopic (exact) mass is 346 g/mol. The van der Waals surface area contributed by atoms with Crippen molar-refractivity contribution in [3.63, 3.8) is 0 Å². The number of anilines is 1. The highest BCUT2D eigenvalue weighted by Gasteiger charge is 2.37. The summed E-state index contributed by atoms with van der Waals surface area (Å²) in [6.07, 6.45) is 0. The molecule has 0 amide bonds. The van der Waals surface area contributed by atoms with Crippen LogP contribution in [0.3, 0.4) is 0 Å². The minimum Gasteiger partial charge on any atom is -0.497 e. The molecular formula is C18H22N2O3S. The first-order chi connectivity index (χ1) is 11.6. The van der Waals surface area contributed by atoms with E-state index in [4.69, 9.17) is 4.74 Å². The summed E-state index contributed by atoms with van der Waals surface area (Å²) in [5.74, 6) is 1.08. The first-order valence-electron chi connectivity index (χ1n) is 7.94. The molecule has 0 spiro atoms. The van der Waals surface area contributed by atoms with Crippen LogP contribution in [0.25, 0.3) is 0 Å². The Bertz CT molecular complexity index is 761. The van der Waals surface area contributed by atoms with E-state index < -0.39 is 9.84 Å². The lowest BCUT2D eigenvalue weighted by Crippen LogP contribution is -2.42. The Hall–Kier alpha value is -2.05. The summed E-state index contributed by atoms with van der Waals surface area (Å²) in [5, 5.41) is 6.72. The molecule has 2 aromatic rings. The average molecular weight is 346 g/mol. The third-order valence-electron chi connectivity index (χ3n) is 4.21. The Kier molecular flexibility index (Phi) is 5.06. The van der Waals surface area contributed by atoms with Crippen molar-refractivity contribution >= 4 is 15.5 Å². The van der Waals surface area contributed by atoms with E-state index in [2.05, 4.69) is 10.6 Å². The Morgan fingerprint density at radius 2 is 1.67 bits per heavy atom. The Labute approximate surface area is 143 Å². The highest BCUT2D eigenvalue weighted by atomic mass is 32.2. The zero-order valence-corrected chi connectivity index (χ0v) is 14.4. The van der Waals surface area contributed by atoms with E-state index in [0.29, 0.717) is 6.54 Å². The van der Waals surface area contributed by atoms with Crippen molar-refractivity contribution in [2.75, 3.05) is 23.9 Å². The van der Waals surface area contributed by atoms with Gasteiger partial charge in [0, 0.05) is 18.3 Å². The van der Waals surface area contributed by atoms with E-state index in [1.807, 2.05) is 54.6 Å². The normalized spacial score (nSPS) is 22.2. The maximum absolute atomic E-state index is 12.1. The van der Waals surface area contributed by atoms with Crippen LogP contribution in [-0.2, 0) is 16.4 Å². The molecule has 2 aromatic carbocycles. The molecule has 2 atom stereocenters. The summed E-state index contributed by atoms with van der Waals surface area (Å²) >= 11 is 0. The molecule has 1 fully saturated rings. The number of methoxy groups -OCH3 is 1. The molecule has 0 radical (unpaired) electrons. The van der Waals surface area contributed by atoms with Gasteiger partial charge in [0.1, 0.15) is 5.75 Å². The van der Waals surface area contributed by atoms with Crippen LogP contribution in [0.5, 0.6) is 5.75 Å². The lowest BCUT2D eigenvalue weighted by Gasteiger charge is -2.22. The fourth-order valence-corrected chi connectivity index (χ4v) is 4.83. The zero-order valence-electron chi connectivity index (χ0n) is 13.6. The molecule has 6 heteroatoms. The van der Waals surface area contributed by atoms with Crippen LogP contribution in [0, 0.1) is 0 Å². The molecule has 128 valence electrons. The van der Waals surface area contributed by atoms with E-state index in [-0.39, 0.29) is 23.6 Å². The second kappa shape index (κ2) is 7.23. The van der Waals surface area contributed by atoms with Crippen molar-refractivity contribution in [2.24, 2.45) is 0 Å². The standard InChI is InChI=1S/C18H22N2O3S/c1-23-16-9-7-15(8-10-16)20-18-13-24(21,22)12-17(18)19-11-14-5-3-2-4-6-14/h2-10,17-20H,11-13H2,1H3/t17-,18+/m1/s1. The van der Waals surface area contributed by atoms with Crippen molar-refractivity contribution < 1.29 is 13.2 Å². The molecule has 0 unspecified atom stereocenters. The average Bonchev–Trinajstić information content (AvgIpc) is 2.88. The minimum absolute atomic E-state index is 0.114. The topological polar surface area (TPSA) is 67.4 Å². The second-order valence-electron chi connectivity index (χ2n) is 6.03. The number of hydrogen-bond donors (Lipinski definition) is 2. The van der Waals surface area contributed by atoms with E-state index in [1.165, 1.54) is 0 Å². The van der Waals surface area contributed by atoms with Gasteiger partial charge in [0.15, 0.2) is 9.84 Å². The molecule has 0 aliphatic carbocycles. The molecule has 1 aliphatic heterocycles. The van der Waals surface area contributed by atoms with Crippen LogP contribution in [0.1, 0.15) is 5.56 Å². The highest BCUT2D eigenvalue weighted by Crippen LogP contribution is 2.21. The maximum atomic E-state index is 12.1. The van der Waals surface area contributed by atoms with E-state index in [0.717, 1.165) is 17.0 Å². The molecule has 24 heavy (non-hydrogen) atoms. The van der Waals surface area contributed by atoms with Crippen LogP contribution < -0.4 is 15.4 Å². The van der Waals surface area contributed by atoms with Gasteiger partial charge in [-0.25, -0.2) is 8.42 Å². The van der Waals surface area contributed by atoms with Crippen LogP contribution in [0.2, 0.25) is 0 Å². The molecule has 0 aromatic heterocycles. The summed E-state index contributed by atoms with van der Waals surface area (Å²) in [6, 6.07) is 17.3. The summed E-state index contributed by atoms with van der Waals surface area (Å²) < 4.78 is 29.3. The summed E-state index contributed by atoms with van der Waals surface area (Å²) in [5.41, 5.74) is 2.04. The van der Waals surface area contributed by atoms with Crippen molar-refractivity contribution in [3.05, 3.63) is 60.2 Å². The van der Waals surface area contributed by atoms with Crippen molar-refractivity contribution in [1.29, 1.82) is 0 Å². The van der Waals surface area contributed by atoms with Gasteiger partial charge in [-0.3, -0.25) is 0 Å². The predicted molar refractivity (Wildman–Crippen MR) is 96.1 cm³/mol. The minimum atomic E-state index is -3.03. The molecular weight excluding hydrogens is 324 g/mol. The van der Waals surface area contributed by atoms with Crippen LogP contribution in [0.4, 0.5) is 5.69 Å². The van der Waals surface area contributed by atoms with Crippen LogP contribution >= 0.6 is 0 Å². The van der Waals surface area contributed by atoms with Crippen LogP contribution in [-0.4, -0.2) is 39.1 Å². The fraction of sp³-hybridized carbons (Fsp3) is 0.333. The molecule has 1 aliphatic rings. The molecule has 5 nitrogen and oxygen atoms in total. The van der Waals surface area contributed by atoms with Crippen molar-refractivity contribution in [1.82, 2.24) is 5.32 Å². The third-order valence-corrected chi connectivity index (χ3v) is 5.94. The molecule has 1 saturated heterocycles. The van der Waals surface area contributed by atoms with Gasteiger partial charge in [0.25, 0.3) is 0 Å². The Morgan fingerprint density at radius 3 is 2.33 bits per heavy atom. The molecule has 2 N–H and O–H groups in total. The molecule has 0 saturated carbocycles. The number of benzene rings is 2. The van der Waals surface area contributed by atoms with Gasteiger partial charge >= 0.3 is 0 Å². The number of nitrogens with one attached hydrogen (secondary N) is 2. The first kappa shape index (κ1) is 16.8. The molecule has 3 rings (SSSR count). The lowest BCUT2D eigenvalue weighted by atomic mass is 10.1.